The third kappa shape index (κ3) is 3.07. The van der Waals surface area contributed by atoms with Crippen LogP contribution in [-0.4, -0.2) is 32.6 Å². The number of para-hydroxylation sites is 1. The van der Waals surface area contributed by atoms with E-state index in [-0.39, 0.29) is 23.1 Å². The number of carboxylic acids is 1. The number of rotatable bonds is 5. The highest BCUT2D eigenvalue weighted by Crippen LogP contribution is 2.38. The number of carbonyl (C=O) groups is 1. The van der Waals surface area contributed by atoms with E-state index in [4.69, 9.17) is 9.84 Å². The van der Waals surface area contributed by atoms with Gasteiger partial charge in [-0.3, -0.25) is 9.10 Å². The number of sulfonamides is 1. The lowest BCUT2D eigenvalue weighted by atomic mass is 10.1. The third-order valence-electron chi connectivity index (χ3n) is 4.26. The highest BCUT2D eigenvalue weighted by molar-refractivity contribution is 7.93. The summed E-state index contributed by atoms with van der Waals surface area (Å²) in [5, 5.41) is 8.98. The molecular formula is C18H19NO5S. The minimum Gasteiger partial charge on any atom is -0.495 e. The Kier molecular flexibility index (Phi) is 4.43. The molecule has 0 aliphatic carbocycles. The van der Waals surface area contributed by atoms with Gasteiger partial charge in [0.25, 0.3) is 10.0 Å². The standard InChI is InChI=1S/C18H19NO5S/c1-12-9-14-5-3-4-6-15(14)19(12)25(22,23)17-10-13(11-18(20)21)7-8-16(17)24-2/h3-8,10,12H,9,11H2,1-2H3,(H,20,21)/t12-/m0/s1. The molecule has 0 bridgehead atoms. The van der Waals surface area contributed by atoms with Crippen molar-refractivity contribution in [1.29, 1.82) is 0 Å². The molecule has 1 aliphatic heterocycles. The summed E-state index contributed by atoms with van der Waals surface area (Å²) in [6.07, 6.45) is 0.380. The smallest absolute Gasteiger partial charge is 0.307 e. The fourth-order valence-corrected chi connectivity index (χ4v) is 5.12. The summed E-state index contributed by atoms with van der Waals surface area (Å²) < 4.78 is 33.3. The maximum Gasteiger partial charge on any atom is 0.307 e. The zero-order valence-corrected chi connectivity index (χ0v) is 14.8. The van der Waals surface area contributed by atoms with Crippen LogP contribution in [0.2, 0.25) is 0 Å². The summed E-state index contributed by atoms with van der Waals surface area (Å²) in [7, 11) is -2.49. The predicted octanol–water partition coefficient (Wildman–Crippen LogP) is 2.46. The number of ether oxygens (including phenoxy) is 1. The molecule has 1 heterocycles. The quantitative estimate of drug-likeness (QED) is 0.884. The maximum atomic E-state index is 13.3. The molecule has 0 aromatic heterocycles. The lowest BCUT2D eigenvalue weighted by Gasteiger charge is -2.25. The van der Waals surface area contributed by atoms with E-state index in [2.05, 4.69) is 0 Å². The third-order valence-corrected chi connectivity index (χ3v) is 6.21. The average Bonchev–Trinajstić information content (AvgIpc) is 2.90. The Hall–Kier alpha value is -2.54. The van der Waals surface area contributed by atoms with Gasteiger partial charge in [-0.2, -0.15) is 0 Å². The molecule has 132 valence electrons. The van der Waals surface area contributed by atoms with Gasteiger partial charge in [0.2, 0.25) is 0 Å². The van der Waals surface area contributed by atoms with Gasteiger partial charge in [0.15, 0.2) is 0 Å². The first kappa shape index (κ1) is 17.3. The van der Waals surface area contributed by atoms with Crippen LogP contribution in [0.3, 0.4) is 0 Å². The van der Waals surface area contributed by atoms with Crippen LogP contribution in [0.1, 0.15) is 18.1 Å². The number of methoxy groups -OCH3 is 1. The summed E-state index contributed by atoms with van der Waals surface area (Å²) >= 11 is 0. The molecule has 7 heteroatoms. The Morgan fingerprint density at radius 3 is 2.68 bits per heavy atom. The fraction of sp³-hybridized carbons (Fsp3) is 0.278. The molecule has 0 amide bonds. The van der Waals surface area contributed by atoms with Gasteiger partial charge in [-0.05, 0) is 42.7 Å². The summed E-state index contributed by atoms with van der Waals surface area (Å²) in [4.78, 5) is 10.9. The minimum absolute atomic E-state index is 0.0164. The number of hydrogen-bond donors (Lipinski definition) is 1. The van der Waals surface area contributed by atoms with E-state index in [0.717, 1.165) is 5.56 Å². The first-order chi connectivity index (χ1) is 11.8. The van der Waals surface area contributed by atoms with Crippen LogP contribution in [0.4, 0.5) is 5.69 Å². The molecule has 0 spiro atoms. The average molecular weight is 361 g/mol. The molecule has 2 aromatic rings. The van der Waals surface area contributed by atoms with Crippen molar-refractivity contribution in [1.82, 2.24) is 0 Å². The minimum atomic E-state index is -3.89. The number of carboxylic acid groups (broad SMARTS) is 1. The number of anilines is 1. The van der Waals surface area contributed by atoms with E-state index >= 15 is 0 Å². The molecule has 0 saturated heterocycles. The largest absolute Gasteiger partial charge is 0.495 e. The second kappa shape index (κ2) is 6.40. The second-order valence-electron chi connectivity index (χ2n) is 6.04. The van der Waals surface area contributed by atoms with E-state index in [1.54, 1.807) is 18.2 Å². The SMILES string of the molecule is COc1ccc(CC(=O)O)cc1S(=O)(=O)N1c2ccccc2C[C@@H]1C. The lowest BCUT2D eigenvalue weighted by Crippen LogP contribution is -2.36. The first-order valence-electron chi connectivity index (χ1n) is 7.85. The normalized spacial score (nSPS) is 16.6. The van der Waals surface area contributed by atoms with E-state index in [1.807, 2.05) is 19.1 Å². The maximum absolute atomic E-state index is 13.3. The summed E-state index contributed by atoms with van der Waals surface area (Å²) in [5.74, 6) is -0.820. The van der Waals surface area contributed by atoms with Crippen molar-refractivity contribution in [3.8, 4) is 5.75 Å². The molecule has 3 rings (SSSR count). The van der Waals surface area contributed by atoms with Crippen LogP contribution in [0.25, 0.3) is 0 Å². The van der Waals surface area contributed by atoms with Crippen LogP contribution in [0.15, 0.2) is 47.4 Å². The van der Waals surface area contributed by atoms with E-state index in [1.165, 1.54) is 23.5 Å². The van der Waals surface area contributed by atoms with Crippen molar-refractivity contribution in [3.63, 3.8) is 0 Å². The van der Waals surface area contributed by atoms with Crippen molar-refractivity contribution in [3.05, 3.63) is 53.6 Å². The van der Waals surface area contributed by atoms with Crippen molar-refractivity contribution < 1.29 is 23.1 Å². The molecule has 1 N–H and O–H groups in total. The van der Waals surface area contributed by atoms with Gasteiger partial charge in [0, 0.05) is 6.04 Å². The number of nitrogens with zero attached hydrogens (tertiary/aromatic N) is 1. The van der Waals surface area contributed by atoms with Crippen LogP contribution < -0.4 is 9.04 Å². The van der Waals surface area contributed by atoms with Gasteiger partial charge in [-0.1, -0.05) is 24.3 Å². The lowest BCUT2D eigenvalue weighted by molar-refractivity contribution is -0.136. The number of benzene rings is 2. The molecule has 0 radical (unpaired) electrons. The van der Waals surface area contributed by atoms with Crippen molar-refractivity contribution >= 4 is 21.7 Å². The number of hydrogen-bond acceptors (Lipinski definition) is 4. The van der Waals surface area contributed by atoms with Crippen molar-refractivity contribution in [2.75, 3.05) is 11.4 Å². The summed E-state index contributed by atoms with van der Waals surface area (Å²) in [6.45, 7) is 1.85. The predicted molar refractivity (Wildman–Crippen MR) is 93.6 cm³/mol. The zero-order valence-electron chi connectivity index (χ0n) is 14.0. The molecular weight excluding hydrogens is 342 g/mol. The molecule has 0 unspecified atom stereocenters. The second-order valence-corrected chi connectivity index (χ2v) is 7.82. The summed E-state index contributed by atoms with van der Waals surface area (Å²) in [6, 6.07) is 11.6. The Morgan fingerprint density at radius 2 is 2.00 bits per heavy atom. The molecule has 1 aliphatic rings. The van der Waals surface area contributed by atoms with Crippen LogP contribution in [0.5, 0.6) is 5.75 Å². The molecule has 0 fully saturated rings. The van der Waals surface area contributed by atoms with Crippen LogP contribution in [-0.2, 0) is 27.7 Å². The number of fused-ring (bicyclic) bond motifs is 1. The molecule has 2 aromatic carbocycles. The van der Waals surface area contributed by atoms with Crippen LogP contribution >= 0.6 is 0 Å². The highest BCUT2D eigenvalue weighted by Gasteiger charge is 2.37. The van der Waals surface area contributed by atoms with Gasteiger partial charge >= 0.3 is 5.97 Å². The molecule has 1 atom stereocenters. The Balaban J connectivity index is 2.13. The van der Waals surface area contributed by atoms with Gasteiger partial charge in [-0.15, -0.1) is 0 Å². The monoisotopic (exact) mass is 361 g/mol. The van der Waals surface area contributed by atoms with Gasteiger partial charge in [0.1, 0.15) is 10.6 Å². The van der Waals surface area contributed by atoms with Gasteiger partial charge in [-0.25, -0.2) is 8.42 Å². The molecule has 0 saturated carbocycles. The Bertz CT molecular complexity index is 923. The van der Waals surface area contributed by atoms with Crippen molar-refractivity contribution in [2.45, 2.75) is 30.7 Å². The fourth-order valence-electron chi connectivity index (χ4n) is 3.22. The van der Waals surface area contributed by atoms with E-state index in [0.29, 0.717) is 17.7 Å². The topological polar surface area (TPSA) is 83.9 Å². The Labute approximate surface area is 146 Å². The molecule has 6 nitrogen and oxygen atoms in total. The first-order valence-corrected chi connectivity index (χ1v) is 9.29. The Morgan fingerprint density at radius 1 is 1.28 bits per heavy atom. The van der Waals surface area contributed by atoms with E-state index in [9.17, 15) is 13.2 Å². The molecule has 25 heavy (non-hydrogen) atoms. The van der Waals surface area contributed by atoms with Gasteiger partial charge < -0.3 is 9.84 Å². The zero-order chi connectivity index (χ0) is 18.2. The van der Waals surface area contributed by atoms with Crippen molar-refractivity contribution in [2.24, 2.45) is 0 Å². The van der Waals surface area contributed by atoms with Gasteiger partial charge in [0.05, 0.1) is 19.2 Å². The van der Waals surface area contributed by atoms with Crippen LogP contribution in [0, 0.1) is 0 Å². The summed E-state index contributed by atoms with van der Waals surface area (Å²) in [5.41, 5.74) is 2.03. The van der Waals surface area contributed by atoms with E-state index < -0.39 is 16.0 Å². The highest BCUT2D eigenvalue weighted by atomic mass is 32.2. The number of aliphatic carboxylic acids is 1.